The van der Waals surface area contributed by atoms with Crippen molar-refractivity contribution in [1.29, 1.82) is 0 Å². The van der Waals surface area contributed by atoms with Gasteiger partial charge in [0.1, 0.15) is 11.5 Å². The lowest BCUT2D eigenvalue weighted by molar-refractivity contribution is -0.116. The first kappa shape index (κ1) is 17.1. The summed E-state index contributed by atoms with van der Waals surface area (Å²) < 4.78 is 12.8. The Morgan fingerprint density at radius 2 is 2.25 bits per heavy atom. The van der Waals surface area contributed by atoms with Gasteiger partial charge in [-0.05, 0) is 31.0 Å². The minimum absolute atomic E-state index is 0.139. The number of thiophene rings is 1. The molecule has 1 amide bonds. The molecule has 142 valence electrons. The standard InChI is InChI=1S/C19H17N5O3S/c1-11-21-18(27-23-11)17-12-6-7-26-9-15(12)28-19(17)22-16(25)8-24-10-20-13-4-2-3-5-14(13)24/h2-5,10H,6-9H2,1H3,(H,22,25). The van der Waals surface area contributed by atoms with Crippen LogP contribution in [0.25, 0.3) is 22.5 Å². The highest BCUT2D eigenvalue weighted by Crippen LogP contribution is 2.42. The van der Waals surface area contributed by atoms with Crippen molar-refractivity contribution in [2.24, 2.45) is 0 Å². The molecule has 0 saturated heterocycles. The predicted molar refractivity (Wildman–Crippen MR) is 104 cm³/mol. The van der Waals surface area contributed by atoms with Crippen LogP contribution < -0.4 is 5.32 Å². The van der Waals surface area contributed by atoms with Crippen molar-refractivity contribution in [2.45, 2.75) is 26.5 Å². The molecule has 0 saturated carbocycles. The van der Waals surface area contributed by atoms with Crippen LogP contribution in [-0.4, -0.2) is 32.2 Å². The van der Waals surface area contributed by atoms with Gasteiger partial charge in [-0.3, -0.25) is 4.79 Å². The van der Waals surface area contributed by atoms with Gasteiger partial charge in [0.15, 0.2) is 5.82 Å². The summed E-state index contributed by atoms with van der Waals surface area (Å²) in [4.78, 5) is 22.6. The fourth-order valence-electron chi connectivity index (χ4n) is 3.40. The number of benzene rings is 1. The van der Waals surface area contributed by atoms with Crippen LogP contribution in [0.2, 0.25) is 0 Å². The number of ether oxygens (including phenoxy) is 1. The fraction of sp³-hybridized carbons (Fsp3) is 0.263. The van der Waals surface area contributed by atoms with Crippen molar-refractivity contribution >= 4 is 33.3 Å². The van der Waals surface area contributed by atoms with Gasteiger partial charge < -0.3 is 19.1 Å². The Morgan fingerprint density at radius 1 is 1.36 bits per heavy atom. The number of fused-ring (bicyclic) bond motifs is 2. The van der Waals surface area contributed by atoms with Crippen molar-refractivity contribution in [3.05, 3.63) is 46.9 Å². The van der Waals surface area contributed by atoms with E-state index < -0.39 is 0 Å². The second kappa shape index (κ2) is 6.84. The maximum absolute atomic E-state index is 12.8. The van der Waals surface area contributed by atoms with E-state index in [2.05, 4.69) is 20.4 Å². The number of amides is 1. The van der Waals surface area contributed by atoms with E-state index in [0.717, 1.165) is 33.5 Å². The molecule has 1 aliphatic heterocycles. The molecule has 28 heavy (non-hydrogen) atoms. The minimum Gasteiger partial charge on any atom is -0.376 e. The molecule has 1 aliphatic rings. The van der Waals surface area contributed by atoms with E-state index in [9.17, 15) is 4.79 Å². The van der Waals surface area contributed by atoms with Crippen molar-refractivity contribution in [3.63, 3.8) is 0 Å². The van der Waals surface area contributed by atoms with Gasteiger partial charge in [-0.25, -0.2) is 4.98 Å². The molecule has 0 bridgehead atoms. The number of carbonyl (C=O) groups excluding carboxylic acids is 1. The number of hydrogen-bond acceptors (Lipinski definition) is 7. The van der Waals surface area contributed by atoms with Gasteiger partial charge in [-0.15, -0.1) is 11.3 Å². The number of para-hydroxylation sites is 2. The summed E-state index contributed by atoms with van der Waals surface area (Å²) in [5.74, 6) is 0.851. The number of aryl methyl sites for hydroxylation is 1. The molecule has 0 fully saturated rings. The van der Waals surface area contributed by atoms with Crippen molar-refractivity contribution in [3.8, 4) is 11.5 Å². The van der Waals surface area contributed by atoms with E-state index in [4.69, 9.17) is 9.26 Å². The molecule has 0 aliphatic carbocycles. The van der Waals surface area contributed by atoms with Gasteiger partial charge in [-0.2, -0.15) is 4.98 Å². The number of nitrogens with zero attached hydrogens (tertiary/aromatic N) is 4. The van der Waals surface area contributed by atoms with E-state index in [1.54, 1.807) is 13.3 Å². The van der Waals surface area contributed by atoms with Crippen LogP contribution in [0.1, 0.15) is 16.3 Å². The molecule has 9 heteroatoms. The summed E-state index contributed by atoms with van der Waals surface area (Å²) in [5.41, 5.74) is 3.71. The molecule has 4 heterocycles. The summed E-state index contributed by atoms with van der Waals surface area (Å²) >= 11 is 1.50. The Labute approximate surface area is 164 Å². The average molecular weight is 395 g/mol. The monoisotopic (exact) mass is 395 g/mol. The van der Waals surface area contributed by atoms with Gasteiger partial charge in [0.25, 0.3) is 5.89 Å². The van der Waals surface area contributed by atoms with E-state index in [1.807, 2.05) is 28.8 Å². The molecule has 0 spiro atoms. The Bertz CT molecular complexity index is 1180. The van der Waals surface area contributed by atoms with Crippen molar-refractivity contribution in [1.82, 2.24) is 19.7 Å². The lowest BCUT2D eigenvalue weighted by Crippen LogP contribution is -2.18. The summed E-state index contributed by atoms with van der Waals surface area (Å²) in [6.07, 6.45) is 2.43. The first-order valence-electron chi connectivity index (χ1n) is 8.92. The smallest absolute Gasteiger partial charge is 0.261 e. The van der Waals surface area contributed by atoms with Gasteiger partial charge in [-0.1, -0.05) is 17.3 Å². The number of imidazole rings is 1. The SMILES string of the molecule is Cc1noc(-c2c(NC(=O)Cn3cnc4ccccc43)sc3c2CCOC3)n1. The predicted octanol–water partition coefficient (Wildman–Crippen LogP) is 3.17. The largest absolute Gasteiger partial charge is 0.376 e. The van der Waals surface area contributed by atoms with Crippen molar-refractivity contribution < 1.29 is 14.1 Å². The first-order chi connectivity index (χ1) is 13.7. The highest BCUT2D eigenvalue weighted by molar-refractivity contribution is 7.17. The van der Waals surface area contributed by atoms with E-state index in [0.29, 0.717) is 29.9 Å². The highest BCUT2D eigenvalue weighted by Gasteiger charge is 2.26. The Hall–Kier alpha value is -3.04. The highest BCUT2D eigenvalue weighted by atomic mass is 32.1. The lowest BCUT2D eigenvalue weighted by Gasteiger charge is -2.12. The van der Waals surface area contributed by atoms with Crippen molar-refractivity contribution in [2.75, 3.05) is 11.9 Å². The second-order valence-electron chi connectivity index (χ2n) is 6.57. The zero-order valence-corrected chi connectivity index (χ0v) is 16.0. The number of rotatable bonds is 4. The summed E-state index contributed by atoms with van der Waals surface area (Å²) in [5, 5.41) is 7.64. The normalized spacial score (nSPS) is 13.6. The van der Waals surface area contributed by atoms with E-state index in [-0.39, 0.29) is 12.5 Å². The lowest BCUT2D eigenvalue weighted by atomic mass is 10.1. The zero-order valence-electron chi connectivity index (χ0n) is 15.1. The van der Waals surface area contributed by atoms with Gasteiger partial charge in [0, 0.05) is 4.88 Å². The number of hydrogen-bond donors (Lipinski definition) is 1. The van der Waals surface area contributed by atoms with Crippen LogP contribution in [0.3, 0.4) is 0 Å². The van der Waals surface area contributed by atoms with Crippen LogP contribution in [0.5, 0.6) is 0 Å². The fourth-order valence-corrected chi connectivity index (χ4v) is 4.60. The second-order valence-corrected chi connectivity index (χ2v) is 7.67. The summed E-state index contributed by atoms with van der Waals surface area (Å²) in [6.45, 7) is 3.11. The molecule has 0 unspecified atom stereocenters. The van der Waals surface area contributed by atoms with Crippen LogP contribution in [0, 0.1) is 6.92 Å². The molecular formula is C19H17N5O3S. The van der Waals surface area contributed by atoms with Gasteiger partial charge in [0.05, 0.1) is 36.1 Å². The molecule has 4 aromatic rings. The average Bonchev–Trinajstić information content (AvgIpc) is 3.39. The number of anilines is 1. The minimum atomic E-state index is -0.139. The molecule has 5 rings (SSSR count). The van der Waals surface area contributed by atoms with E-state index >= 15 is 0 Å². The van der Waals surface area contributed by atoms with Crippen LogP contribution in [0.4, 0.5) is 5.00 Å². The third-order valence-electron chi connectivity index (χ3n) is 4.66. The molecule has 8 nitrogen and oxygen atoms in total. The third kappa shape index (κ3) is 2.98. The molecule has 0 atom stereocenters. The summed E-state index contributed by atoms with van der Waals surface area (Å²) in [7, 11) is 0. The number of nitrogens with one attached hydrogen (secondary N) is 1. The number of aromatic nitrogens is 4. The van der Waals surface area contributed by atoms with Crippen LogP contribution in [-0.2, 0) is 29.1 Å². The van der Waals surface area contributed by atoms with Gasteiger partial charge >= 0.3 is 0 Å². The van der Waals surface area contributed by atoms with E-state index in [1.165, 1.54) is 11.3 Å². The Balaban J connectivity index is 1.46. The Kier molecular flexibility index (Phi) is 4.18. The maximum atomic E-state index is 12.8. The zero-order chi connectivity index (χ0) is 19.1. The van der Waals surface area contributed by atoms with Crippen LogP contribution >= 0.6 is 11.3 Å². The molecular weight excluding hydrogens is 378 g/mol. The first-order valence-corrected chi connectivity index (χ1v) is 9.73. The quantitative estimate of drug-likeness (QED) is 0.570. The molecule has 1 aromatic carbocycles. The molecule has 0 radical (unpaired) electrons. The van der Waals surface area contributed by atoms with Gasteiger partial charge in [0.2, 0.25) is 5.91 Å². The summed E-state index contributed by atoms with van der Waals surface area (Å²) in [6, 6.07) is 7.73. The Morgan fingerprint density at radius 3 is 3.11 bits per heavy atom. The molecule has 1 N–H and O–H groups in total. The number of carbonyl (C=O) groups is 1. The third-order valence-corrected chi connectivity index (χ3v) is 5.78. The molecule has 3 aromatic heterocycles. The van der Waals surface area contributed by atoms with Crippen LogP contribution in [0.15, 0.2) is 35.1 Å². The maximum Gasteiger partial charge on any atom is 0.261 e. The topological polar surface area (TPSA) is 95.1 Å².